The summed E-state index contributed by atoms with van der Waals surface area (Å²) in [4.78, 5) is 0. The molecule has 21 heavy (non-hydrogen) atoms. The van der Waals surface area contributed by atoms with Gasteiger partial charge in [-0.1, -0.05) is 70.4 Å². The first-order valence-corrected chi connectivity index (χ1v) is 8.53. The van der Waals surface area contributed by atoms with Crippen LogP contribution in [0.15, 0.2) is 24.3 Å². The van der Waals surface area contributed by atoms with Crippen molar-refractivity contribution in [3.8, 4) is 5.75 Å². The summed E-state index contributed by atoms with van der Waals surface area (Å²) in [7, 11) is 1.70. The molecular weight excluding hydrogens is 258 g/mol. The summed E-state index contributed by atoms with van der Waals surface area (Å²) < 4.78 is 5.28. The van der Waals surface area contributed by atoms with E-state index in [2.05, 4.69) is 26.0 Å². The highest BCUT2D eigenvalue weighted by atomic mass is 16.5. The van der Waals surface area contributed by atoms with E-state index < -0.39 is 0 Å². The zero-order chi connectivity index (χ0) is 15.6. The van der Waals surface area contributed by atoms with Crippen LogP contribution in [0.25, 0.3) is 0 Å². The molecule has 2 N–H and O–H groups in total. The molecule has 2 heteroatoms. The van der Waals surface area contributed by atoms with Crippen LogP contribution >= 0.6 is 0 Å². The van der Waals surface area contributed by atoms with Crippen LogP contribution in [0, 0.1) is 0 Å². The van der Waals surface area contributed by atoms with Crippen LogP contribution in [0.2, 0.25) is 0 Å². The van der Waals surface area contributed by atoms with Crippen LogP contribution in [-0.4, -0.2) is 7.11 Å². The second-order valence-corrected chi connectivity index (χ2v) is 6.37. The van der Waals surface area contributed by atoms with Crippen LogP contribution in [-0.2, 0) is 5.54 Å². The van der Waals surface area contributed by atoms with Gasteiger partial charge in [0.15, 0.2) is 0 Å². The fourth-order valence-electron chi connectivity index (χ4n) is 2.75. The zero-order valence-electron chi connectivity index (χ0n) is 14.2. The Balaban J connectivity index is 2.26. The molecule has 2 nitrogen and oxygen atoms in total. The predicted molar refractivity (Wildman–Crippen MR) is 91.8 cm³/mol. The minimum Gasteiger partial charge on any atom is -0.497 e. The molecule has 0 aliphatic rings. The molecule has 0 aliphatic heterocycles. The number of benzene rings is 1. The second kappa shape index (κ2) is 9.83. The zero-order valence-corrected chi connectivity index (χ0v) is 14.2. The van der Waals surface area contributed by atoms with Gasteiger partial charge in [0.05, 0.1) is 7.11 Å². The van der Waals surface area contributed by atoms with Gasteiger partial charge in [0.2, 0.25) is 0 Å². The van der Waals surface area contributed by atoms with Gasteiger partial charge in [0.25, 0.3) is 0 Å². The number of nitrogens with two attached hydrogens (primary N) is 1. The largest absolute Gasteiger partial charge is 0.497 e. The Hall–Kier alpha value is -1.02. The Labute approximate surface area is 131 Å². The highest BCUT2D eigenvalue weighted by Gasteiger charge is 2.20. The first-order valence-electron chi connectivity index (χ1n) is 8.53. The summed E-state index contributed by atoms with van der Waals surface area (Å²) >= 11 is 0. The molecule has 1 unspecified atom stereocenters. The second-order valence-electron chi connectivity index (χ2n) is 6.37. The molecule has 1 atom stereocenters. The summed E-state index contributed by atoms with van der Waals surface area (Å²) in [5.41, 5.74) is 7.40. The Bertz CT molecular complexity index is 387. The summed E-state index contributed by atoms with van der Waals surface area (Å²) in [6, 6.07) is 8.15. The molecule has 0 bridgehead atoms. The Morgan fingerprint density at radius 2 is 1.62 bits per heavy atom. The summed E-state index contributed by atoms with van der Waals surface area (Å²) in [6.07, 6.45) is 11.8. The van der Waals surface area contributed by atoms with Gasteiger partial charge in [-0.15, -0.1) is 0 Å². The molecule has 0 aliphatic carbocycles. The lowest BCUT2D eigenvalue weighted by molar-refractivity contribution is 0.401. The van der Waals surface area contributed by atoms with Crippen molar-refractivity contribution in [2.24, 2.45) is 5.73 Å². The molecule has 0 aromatic heterocycles. The SMILES string of the molecule is CCCCCCCCCCC(C)(N)c1cccc(OC)c1. The third-order valence-corrected chi connectivity index (χ3v) is 4.28. The summed E-state index contributed by atoms with van der Waals surface area (Å²) in [6.45, 7) is 4.39. The predicted octanol–water partition coefficient (Wildman–Crippen LogP) is 5.40. The van der Waals surface area contributed by atoms with Crippen LogP contribution in [0.5, 0.6) is 5.75 Å². The van der Waals surface area contributed by atoms with Crippen molar-refractivity contribution in [3.05, 3.63) is 29.8 Å². The number of ether oxygens (including phenoxy) is 1. The van der Waals surface area contributed by atoms with Crippen LogP contribution in [0.3, 0.4) is 0 Å². The molecule has 0 saturated heterocycles. The number of methoxy groups -OCH3 is 1. The van der Waals surface area contributed by atoms with E-state index in [1.54, 1.807) is 7.11 Å². The maximum Gasteiger partial charge on any atom is 0.119 e. The number of rotatable bonds is 11. The lowest BCUT2D eigenvalue weighted by atomic mass is 9.87. The van der Waals surface area contributed by atoms with E-state index in [1.807, 2.05) is 12.1 Å². The van der Waals surface area contributed by atoms with Gasteiger partial charge in [0.1, 0.15) is 5.75 Å². The first kappa shape index (κ1) is 18.0. The van der Waals surface area contributed by atoms with Crippen molar-refractivity contribution in [2.75, 3.05) is 7.11 Å². The van der Waals surface area contributed by atoms with E-state index in [1.165, 1.54) is 56.9 Å². The van der Waals surface area contributed by atoms with Gasteiger partial charge in [0, 0.05) is 5.54 Å². The monoisotopic (exact) mass is 291 g/mol. The average molecular weight is 291 g/mol. The van der Waals surface area contributed by atoms with Gasteiger partial charge in [-0.3, -0.25) is 0 Å². The van der Waals surface area contributed by atoms with E-state index >= 15 is 0 Å². The normalized spacial score (nSPS) is 13.9. The highest BCUT2D eigenvalue weighted by Crippen LogP contribution is 2.27. The lowest BCUT2D eigenvalue weighted by Gasteiger charge is -2.25. The Kier molecular flexibility index (Phi) is 8.44. The topological polar surface area (TPSA) is 35.2 Å². The molecule has 1 aromatic carbocycles. The van der Waals surface area contributed by atoms with E-state index in [0.29, 0.717) is 0 Å². The maximum absolute atomic E-state index is 6.49. The van der Waals surface area contributed by atoms with Gasteiger partial charge in [-0.25, -0.2) is 0 Å². The standard InChI is InChI=1S/C19H33NO/c1-4-5-6-7-8-9-10-11-15-19(2,20)17-13-12-14-18(16-17)21-3/h12-14,16H,4-11,15,20H2,1-3H3. The van der Waals surface area contributed by atoms with Crippen molar-refractivity contribution in [1.29, 1.82) is 0 Å². The summed E-state index contributed by atoms with van der Waals surface area (Å²) in [5, 5.41) is 0. The smallest absolute Gasteiger partial charge is 0.119 e. The third kappa shape index (κ3) is 6.99. The van der Waals surface area contributed by atoms with E-state index in [9.17, 15) is 0 Å². The maximum atomic E-state index is 6.49. The molecule has 0 fully saturated rings. The number of hydrogen-bond acceptors (Lipinski definition) is 2. The van der Waals surface area contributed by atoms with E-state index in [-0.39, 0.29) is 5.54 Å². The van der Waals surface area contributed by atoms with Crippen molar-refractivity contribution < 1.29 is 4.74 Å². The first-order chi connectivity index (χ1) is 10.1. The molecule has 0 spiro atoms. The van der Waals surface area contributed by atoms with Crippen molar-refractivity contribution in [3.63, 3.8) is 0 Å². The van der Waals surface area contributed by atoms with Gasteiger partial charge < -0.3 is 10.5 Å². The van der Waals surface area contributed by atoms with Crippen LogP contribution < -0.4 is 10.5 Å². The van der Waals surface area contributed by atoms with Gasteiger partial charge in [-0.05, 0) is 31.0 Å². The molecule has 1 rings (SSSR count). The summed E-state index contributed by atoms with van der Waals surface area (Å²) in [5.74, 6) is 0.889. The van der Waals surface area contributed by atoms with Crippen molar-refractivity contribution >= 4 is 0 Å². The van der Waals surface area contributed by atoms with Gasteiger partial charge >= 0.3 is 0 Å². The fourth-order valence-corrected chi connectivity index (χ4v) is 2.75. The van der Waals surface area contributed by atoms with Crippen molar-refractivity contribution in [1.82, 2.24) is 0 Å². The average Bonchev–Trinajstić information content (AvgIpc) is 2.50. The van der Waals surface area contributed by atoms with Crippen LogP contribution in [0.4, 0.5) is 0 Å². The quantitative estimate of drug-likeness (QED) is 0.554. The molecule has 0 heterocycles. The minimum absolute atomic E-state index is 0.253. The molecule has 0 amide bonds. The molecule has 1 aromatic rings. The molecule has 0 radical (unpaired) electrons. The lowest BCUT2D eigenvalue weighted by Crippen LogP contribution is -2.32. The Morgan fingerprint density at radius 1 is 1.00 bits per heavy atom. The van der Waals surface area contributed by atoms with Crippen LogP contribution in [0.1, 0.15) is 77.2 Å². The minimum atomic E-state index is -0.253. The van der Waals surface area contributed by atoms with E-state index in [4.69, 9.17) is 10.5 Å². The molecular formula is C19H33NO. The van der Waals surface area contributed by atoms with E-state index in [0.717, 1.165) is 12.2 Å². The van der Waals surface area contributed by atoms with Crippen molar-refractivity contribution in [2.45, 2.75) is 77.2 Å². The third-order valence-electron chi connectivity index (χ3n) is 4.28. The number of hydrogen-bond donors (Lipinski definition) is 1. The van der Waals surface area contributed by atoms with Gasteiger partial charge in [-0.2, -0.15) is 0 Å². The number of unbranched alkanes of at least 4 members (excludes halogenated alkanes) is 7. The highest BCUT2D eigenvalue weighted by molar-refractivity contribution is 5.32. The molecule has 120 valence electrons. The Morgan fingerprint density at radius 3 is 2.24 bits per heavy atom. The molecule has 0 saturated carbocycles. The fraction of sp³-hybridized carbons (Fsp3) is 0.684.